The lowest BCUT2D eigenvalue weighted by atomic mass is 10.1. The van der Waals surface area contributed by atoms with E-state index < -0.39 is 0 Å². The number of hydrogen-bond acceptors (Lipinski definition) is 2. The highest BCUT2D eigenvalue weighted by Gasteiger charge is 2.12. The zero-order valence-electron chi connectivity index (χ0n) is 9.65. The summed E-state index contributed by atoms with van der Waals surface area (Å²) >= 11 is 12.3. The summed E-state index contributed by atoms with van der Waals surface area (Å²) in [4.78, 5) is 19.0. The van der Waals surface area contributed by atoms with E-state index in [0.717, 1.165) is 5.39 Å². The molecule has 0 saturated heterocycles. The molecule has 0 spiro atoms. The van der Waals surface area contributed by atoms with Gasteiger partial charge in [-0.2, -0.15) is 0 Å². The molecule has 0 unspecified atom stereocenters. The number of hydrogen-bond donors (Lipinski definition) is 1. The van der Waals surface area contributed by atoms with Crippen LogP contribution in [0.3, 0.4) is 0 Å². The summed E-state index contributed by atoms with van der Waals surface area (Å²) in [7, 11) is 0. The number of benzene rings is 1. The molecule has 5 heteroatoms. The monoisotopic (exact) mass is 290 g/mol. The zero-order valence-corrected chi connectivity index (χ0v) is 11.2. The molecule has 94 valence electrons. The van der Waals surface area contributed by atoms with Crippen LogP contribution < -0.4 is 5.56 Å². The lowest BCUT2D eigenvalue weighted by Gasteiger charge is -2.07. The van der Waals surface area contributed by atoms with E-state index in [0.29, 0.717) is 26.8 Å². The third kappa shape index (κ3) is 2.11. The molecule has 0 amide bonds. The van der Waals surface area contributed by atoms with Gasteiger partial charge in [-0.15, -0.1) is 0 Å². The standard InChI is InChI=1S/C14H8Cl2N2O/c15-10-4-1-5-11(16)12(10)9-7-8-3-2-6-17-13(8)18-14(9)19/h1-7H,(H,17,18,19). The zero-order chi connectivity index (χ0) is 13.4. The van der Waals surface area contributed by atoms with Crippen molar-refractivity contribution in [3.05, 3.63) is 63.0 Å². The minimum absolute atomic E-state index is 0.263. The van der Waals surface area contributed by atoms with Crippen LogP contribution in [0.4, 0.5) is 0 Å². The first kappa shape index (κ1) is 12.2. The Balaban J connectivity index is 2.37. The van der Waals surface area contributed by atoms with Gasteiger partial charge in [0.1, 0.15) is 5.65 Å². The van der Waals surface area contributed by atoms with Crippen molar-refractivity contribution < 1.29 is 0 Å². The number of aromatic nitrogens is 2. The molecular formula is C14H8Cl2N2O. The van der Waals surface area contributed by atoms with Crippen molar-refractivity contribution in [1.29, 1.82) is 0 Å². The maximum Gasteiger partial charge on any atom is 0.257 e. The first-order valence-electron chi connectivity index (χ1n) is 5.59. The van der Waals surface area contributed by atoms with Gasteiger partial charge in [0.15, 0.2) is 0 Å². The molecule has 3 aromatic rings. The van der Waals surface area contributed by atoms with Crippen LogP contribution in [0, 0.1) is 0 Å². The lowest BCUT2D eigenvalue weighted by Crippen LogP contribution is -2.09. The maximum atomic E-state index is 12.1. The first-order chi connectivity index (χ1) is 9.16. The van der Waals surface area contributed by atoms with Crippen LogP contribution in [0.1, 0.15) is 0 Å². The molecule has 0 atom stereocenters. The summed E-state index contributed by atoms with van der Waals surface area (Å²) in [5, 5.41) is 1.72. The van der Waals surface area contributed by atoms with E-state index in [1.165, 1.54) is 0 Å². The van der Waals surface area contributed by atoms with Crippen LogP contribution in [-0.4, -0.2) is 9.97 Å². The topological polar surface area (TPSA) is 45.8 Å². The van der Waals surface area contributed by atoms with Crippen molar-refractivity contribution in [2.75, 3.05) is 0 Å². The van der Waals surface area contributed by atoms with E-state index in [9.17, 15) is 4.79 Å². The third-order valence-electron chi connectivity index (χ3n) is 2.85. The highest BCUT2D eigenvalue weighted by molar-refractivity contribution is 6.39. The molecule has 1 N–H and O–H groups in total. The van der Waals surface area contributed by atoms with Crippen LogP contribution in [-0.2, 0) is 0 Å². The summed E-state index contributed by atoms with van der Waals surface area (Å²) in [6.45, 7) is 0. The van der Waals surface area contributed by atoms with Crippen molar-refractivity contribution in [2.24, 2.45) is 0 Å². The fourth-order valence-electron chi connectivity index (χ4n) is 1.98. The Morgan fingerprint density at radius 3 is 2.53 bits per heavy atom. The van der Waals surface area contributed by atoms with Gasteiger partial charge < -0.3 is 4.98 Å². The molecule has 3 rings (SSSR count). The molecule has 19 heavy (non-hydrogen) atoms. The minimum atomic E-state index is -0.263. The van der Waals surface area contributed by atoms with Crippen LogP contribution in [0.15, 0.2) is 47.4 Å². The van der Waals surface area contributed by atoms with Crippen molar-refractivity contribution in [3.8, 4) is 11.1 Å². The fourth-order valence-corrected chi connectivity index (χ4v) is 2.58. The molecule has 0 radical (unpaired) electrons. The van der Waals surface area contributed by atoms with Gasteiger partial charge >= 0.3 is 0 Å². The summed E-state index contributed by atoms with van der Waals surface area (Å²) in [6, 6.07) is 10.6. The molecule has 0 fully saturated rings. The molecule has 3 nitrogen and oxygen atoms in total. The molecule has 0 saturated carbocycles. The maximum absolute atomic E-state index is 12.1. The SMILES string of the molecule is O=c1[nH]c2ncccc2cc1-c1c(Cl)cccc1Cl. The highest BCUT2D eigenvalue weighted by Crippen LogP contribution is 2.33. The van der Waals surface area contributed by atoms with Crippen LogP contribution in [0.25, 0.3) is 22.2 Å². The average molecular weight is 291 g/mol. The quantitative estimate of drug-likeness (QED) is 0.739. The number of pyridine rings is 2. The van der Waals surface area contributed by atoms with Gasteiger partial charge in [0, 0.05) is 17.1 Å². The molecule has 0 aliphatic heterocycles. The van der Waals surface area contributed by atoms with Gasteiger partial charge in [0.05, 0.1) is 15.6 Å². The van der Waals surface area contributed by atoms with E-state index >= 15 is 0 Å². The largest absolute Gasteiger partial charge is 0.306 e. The van der Waals surface area contributed by atoms with Crippen LogP contribution in [0.2, 0.25) is 10.0 Å². The number of nitrogens with one attached hydrogen (secondary N) is 1. The van der Waals surface area contributed by atoms with Gasteiger partial charge in [-0.25, -0.2) is 4.98 Å². The predicted octanol–water partition coefficient (Wildman–Crippen LogP) is 3.90. The molecule has 0 aliphatic carbocycles. The van der Waals surface area contributed by atoms with Crippen molar-refractivity contribution in [2.45, 2.75) is 0 Å². The van der Waals surface area contributed by atoms with Gasteiger partial charge in [-0.1, -0.05) is 29.3 Å². The van der Waals surface area contributed by atoms with Gasteiger partial charge in [0.2, 0.25) is 0 Å². The molecule has 2 aromatic heterocycles. The summed E-state index contributed by atoms with van der Waals surface area (Å²) < 4.78 is 0. The van der Waals surface area contributed by atoms with Crippen molar-refractivity contribution in [1.82, 2.24) is 9.97 Å². The number of fused-ring (bicyclic) bond motifs is 1. The van der Waals surface area contributed by atoms with Gasteiger partial charge in [-0.3, -0.25) is 4.79 Å². The van der Waals surface area contributed by atoms with E-state index in [1.54, 1.807) is 36.5 Å². The molecular weight excluding hydrogens is 283 g/mol. The van der Waals surface area contributed by atoms with Crippen LogP contribution in [0.5, 0.6) is 0 Å². The number of nitrogens with zero attached hydrogens (tertiary/aromatic N) is 1. The first-order valence-corrected chi connectivity index (χ1v) is 6.35. The second kappa shape index (κ2) is 4.68. The fraction of sp³-hybridized carbons (Fsp3) is 0. The second-order valence-corrected chi connectivity index (χ2v) is 4.86. The van der Waals surface area contributed by atoms with Crippen molar-refractivity contribution in [3.63, 3.8) is 0 Å². The summed E-state index contributed by atoms with van der Waals surface area (Å²) in [6.07, 6.45) is 1.63. The molecule has 1 aromatic carbocycles. The minimum Gasteiger partial charge on any atom is -0.306 e. The summed E-state index contributed by atoms with van der Waals surface area (Å²) in [5.41, 5.74) is 1.26. The predicted molar refractivity (Wildman–Crippen MR) is 77.8 cm³/mol. The second-order valence-electron chi connectivity index (χ2n) is 4.05. The normalized spacial score (nSPS) is 10.8. The average Bonchev–Trinajstić information content (AvgIpc) is 2.39. The smallest absolute Gasteiger partial charge is 0.257 e. The van der Waals surface area contributed by atoms with E-state index in [1.807, 2.05) is 6.07 Å². The Bertz CT molecular complexity index is 807. The van der Waals surface area contributed by atoms with E-state index in [4.69, 9.17) is 23.2 Å². The van der Waals surface area contributed by atoms with Gasteiger partial charge in [-0.05, 0) is 30.3 Å². The Morgan fingerprint density at radius 2 is 1.79 bits per heavy atom. The van der Waals surface area contributed by atoms with Crippen LogP contribution >= 0.6 is 23.2 Å². The molecule has 2 heterocycles. The number of aromatic amines is 1. The Hall–Kier alpha value is -1.84. The summed E-state index contributed by atoms with van der Waals surface area (Å²) in [5.74, 6) is 0. The lowest BCUT2D eigenvalue weighted by molar-refractivity contribution is 1.23. The van der Waals surface area contributed by atoms with Gasteiger partial charge in [0.25, 0.3) is 5.56 Å². The third-order valence-corrected chi connectivity index (χ3v) is 3.48. The number of H-pyrrole nitrogens is 1. The van der Waals surface area contributed by atoms with E-state index in [2.05, 4.69) is 9.97 Å². The molecule has 0 aliphatic rings. The Morgan fingerprint density at radius 1 is 1.05 bits per heavy atom. The Kier molecular flexibility index (Phi) is 3.01. The number of halogens is 2. The number of rotatable bonds is 1. The Labute approximate surface area is 118 Å². The van der Waals surface area contributed by atoms with Crippen molar-refractivity contribution >= 4 is 34.2 Å². The highest BCUT2D eigenvalue weighted by atomic mass is 35.5. The molecule has 0 bridgehead atoms. The van der Waals surface area contributed by atoms with E-state index in [-0.39, 0.29) is 5.56 Å².